The van der Waals surface area contributed by atoms with Crippen molar-refractivity contribution in [3.63, 3.8) is 0 Å². The van der Waals surface area contributed by atoms with Gasteiger partial charge in [0, 0.05) is 16.8 Å². The zero-order chi connectivity index (χ0) is 15.2. The molecule has 3 rings (SSSR count). The molecular formula is C18H19N3S. The van der Waals surface area contributed by atoms with Gasteiger partial charge in [-0.2, -0.15) is 0 Å². The number of rotatable bonds is 6. The van der Waals surface area contributed by atoms with Gasteiger partial charge in [0.05, 0.1) is 5.52 Å². The highest BCUT2D eigenvalue weighted by molar-refractivity contribution is 7.99. The standard InChI is InChI=1S/C18H19N3S/c1-14-8-9-17-16(12-14)18(21-13-20-17)19-10-5-11-22-15-6-3-2-4-7-15/h2-4,6-9,12-13H,5,10-11H2,1H3,(H,19,20,21). The van der Waals surface area contributed by atoms with E-state index < -0.39 is 0 Å². The van der Waals surface area contributed by atoms with E-state index in [4.69, 9.17) is 0 Å². The van der Waals surface area contributed by atoms with Gasteiger partial charge in [0.1, 0.15) is 12.1 Å². The second-order valence-corrected chi connectivity index (χ2v) is 6.35. The third-order valence-electron chi connectivity index (χ3n) is 3.42. The van der Waals surface area contributed by atoms with E-state index in [1.807, 2.05) is 23.9 Å². The van der Waals surface area contributed by atoms with E-state index >= 15 is 0 Å². The number of thioether (sulfide) groups is 1. The number of nitrogens with zero attached hydrogens (tertiary/aromatic N) is 2. The zero-order valence-electron chi connectivity index (χ0n) is 12.6. The predicted molar refractivity (Wildman–Crippen MR) is 94.5 cm³/mol. The molecule has 0 saturated heterocycles. The lowest BCUT2D eigenvalue weighted by atomic mass is 10.1. The minimum atomic E-state index is 0.917. The first-order valence-electron chi connectivity index (χ1n) is 7.46. The molecule has 112 valence electrons. The highest BCUT2D eigenvalue weighted by Crippen LogP contribution is 2.21. The highest BCUT2D eigenvalue weighted by atomic mass is 32.2. The summed E-state index contributed by atoms with van der Waals surface area (Å²) in [6.07, 6.45) is 2.72. The average molecular weight is 309 g/mol. The van der Waals surface area contributed by atoms with Crippen molar-refractivity contribution in [2.45, 2.75) is 18.2 Å². The van der Waals surface area contributed by atoms with Gasteiger partial charge in [0.25, 0.3) is 0 Å². The van der Waals surface area contributed by atoms with E-state index in [0.29, 0.717) is 0 Å². The Morgan fingerprint density at radius 2 is 1.91 bits per heavy atom. The first kappa shape index (κ1) is 14.9. The molecule has 0 radical (unpaired) electrons. The molecule has 4 heteroatoms. The van der Waals surface area contributed by atoms with Crippen molar-refractivity contribution in [2.24, 2.45) is 0 Å². The molecule has 0 fully saturated rings. The van der Waals surface area contributed by atoms with Crippen LogP contribution in [0, 0.1) is 6.92 Å². The van der Waals surface area contributed by atoms with Crippen molar-refractivity contribution in [3.05, 3.63) is 60.4 Å². The van der Waals surface area contributed by atoms with Crippen molar-refractivity contribution >= 4 is 28.5 Å². The molecule has 1 aromatic heterocycles. The van der Waals surface area contributed by atoms with Crippen molar-refractivity contribution in [3.8, 4) is 0 Å². The number of hydrogen-bond acceptors (Lipinski definition) is 4. The van der Waals surface area contributed by atoms with Gasteiger partial charge in [-0.25, -0.2) is 9.97 Å². The molecule has 0 bridgehead atoms. The molecule has 0 aliphatic rings. The van der Waals surface area contributed by atoms with Gasteiger partial charge < -0.3 is 5.32 Å². The molecule has 0 amide bonds. The Bertz CT molecular complexity index is 744. The smallest absolute Gasteiger partial charge is 0.137 e. The van der Waals surface area contributed by atoms with Crippen LogP contribution in [0.5, 0.6) is 0 Å². The largest absolute Gasteiger partial charge is 0.369 e. The summed E-state index contributed by atoms with van der Waals surface area (Å²) < 4.78 is 0. The summed E-state index contributed by atoms with van der Waals surface area (Å²) in [6.45, 7) is 3.01. The van der Waals surface area contributed by atoms with Crippen LogP contribution in [0.15, 0.2) is 59.8 Å². The van der Waals surface area contributed by atoms with Crippen LogP contribution in [-0.2, 0) is 0 Å². The fraction of sp³-hybridized carbons (Fsp3) is 0.222. The molecule has 3 aromatic rings. The molecule has 3 nitrogen and oxygen atoms in total. The van der Waals surface area contributed by atoms with Crippen LogP contribution in [0.1, 0.15) is 12.0 Å². The summed E-state index contributed by atoms with van der Waals surface area (Å²) in [4.78, 5) is 10.0. The van der Waals surface area contributed by atoms with E-state index in [1.54, 1.807) is 6.33 Å². The predicted octanol–water partition coefficient (Wildman–Crippen LogP) is 4.53. The Morgan fingerprint density at radius 1 is 1.05 bits per heavy atom. The molecule has 0 spiro atoms. The lowest BCUT2D eigenvalue weighted by Crippen LogP contribution is -2.05. The van der Waals surface area contributed by atoms with Gasteiger partial charge in [0.15, 0.2) is 0 Å². The van der Waals surface area contributed by atoms with Crippen LogP contribution in [0.4, 0.5) is 5.82 Å². The van der Waals surface area contributed by atoms with Crippen LogP contribution >= 0.6 is 11.8 Å². The first-order chi connectivity index (χ1) is 10.8. The molecule has 1 N–H and O–H groups in total. The Labute approximate surface area is 135 Å². The number of nitrogens with one attached hydrogen (secondary N) is 1. The summed E-state index contributed by atoms with van der Waals surface area (Å²) in [5.74, 6) is 2.03. The maximum atomic E-state index is 4.37. The van der Waals surface area contributed by atoms with Gasteiger partial charge in [-0.15, -0.1) is 11.8 Å². The average Bonchev–Trinajstić information content (AvgIpc) is 2.56. The lowest BCUT2D eigenvalue weighted by Gasteiger charge is -2.08. The fourth-order valence-corrected chi connectivity index (χ4v) is 3.17. The normalized spacial score (nSPS) is 10.8. The molecule has 0 aliphatic carbocycles. The Hall–Kier alpha value is -2.07. The number of aromatic nitrogens is 2. The molecule has 0 atom stereocenters. The van der Waals surface area contributed by atoms with E-state index in [-0.39, 0.29) is 0 Å². The first-order valence-corrected chi connectivity index (χ1v) is 8.44. The van der Waals surface area contributed by atoms with Gasteiger partial charge in [0.2, 0.25) is 0 Å². The third-order valence-corrected chi connectivity index (χ3v) is 4.51. The van der Waals surface area contributed by atoms with Gasteiger partial charge in [-0.1, -0.05) is 29.8 Å². The topological polar surface area (TPSA) is 37.8 Å². The van der Waals surface area contributed by atoms with Crippen molar-refractivity contribution in [2.75, 3.05) is 17.6 Å². The van der Waals surface area contributed by atoms with Crippen molar-refractivity contribution in [1.82, 2.24) is 9.97 Å². The van der Waals surface area contributed by atoms with Gasteiger partial charge in [-0.05, 0) is 43.4 Å². The zero-order valence-corrected chi connectivity index (χ0v) is 13.4. The maximum absolute atomic E-state index is 4.37. The van der Waals surface area contributed by atoms with Crippen molar-refractivity contribution < 1.29 is 0 Å². The summed E-state index contributed by atoms with van der Waals surface area (Å²) in [5.41, 5.74) is 2.21. The molecule has 0 aliphatic heterocycles. The van der Waals surface area contributed by atoms with Crippen LogP contribution in [0.25, 0.3) is 10.9 Å². The molecular weight excluding hydrogens is 290 g/mol. The van der Waals surface area contributed by atoms with Crippen LogP contribution in [-0.4, -0.2) is 22.3 Å². The van der Waals surface area contributed by atoms with E-state index in [9.17, 15) is 0 Å². The summed E-state index contributed by atoms with van der Waals surface area (Å²) >= 11 is 1.89. The maximum Gasteiger partial charge on any atom is 0.137 e. The van der Waals surface area contributed by atoms with E-state index in [0.717, 1.165) is 35.4 Å². The van der Waals surface area contributed by atoms with Crippen molar-refractivity contribution in [1.29, 1.82) is 0 Å². The number of anilines is 1. The Balaban J connectivity index is 1.55. The summed E-state index contributed by atoms with van der Waals surface area (Å²) in [7, 11) is 0. The summed E-state index contributed by atoms with van der Waals surface area (Å²) in [6, 6.07) is 16.8. The van der Waals surface area contributed by atoms with Gasteiger partial charge in [-0.3, -0.25) is 0 Å². The Morgan fingerprint density at radius 3 is 2.77 bits per heavy atom. The third kappa shape index (κ3) is 3.77. The molecule has 1 heterocycles. The second kappa shape index (κ2) is 7.27. The number of fused-ring (bicyclic) bond motifs is 1. The lowest BCUT2D eigenvalue weighted by molar-refractivity contribution is 0.980. The highest BCUT2D eigenvalue weighted by Gasteiger charge is 2.03. The SMILES string of the molecule is Cc1ccc2ncnc(NCCCSc3ccccc3)c2c1. The monoisotopic (exact) mass is 309 g/mol. The molecule has 0 unspecified atom stereocenters. The second-order valence-electron chi connectivity index (χ2n) is 5.18. The molecule has 2 aromatic carbocycles. The van der Waals surface area contributed by atoms with Crippen LogP contribution in [0.3, 0.4) is 0 Å². The number of aryl methyl sites for hydroxylation is 1. The number of hydrogen-bond donors (Lipinski definition) is 1. The number of benzene rings is 2. The quantitative estimate of drug-likeness (QED) is 0.536. The molecule has 0 saturated carbocycles. The van der Waals surface area contributed by atoms with Crippen LogP contribution < -0.4 is 5.32 Å². The van der Waals surface area contributed by atoms with E-state index in [1.165, 1.54) is 10.5 Å². The van der Waals surface area contributed by atoms with Crippen LogP contribution in [0.2, 0.25) is 0 Å². The molecule has 22 heavy (non-hydrogen) atoms. The fourth-order valence-electron chi connectivity index (χ4n) is 2.30. The summed E-state index contributed by atoms with van der Waals surface area (Å²) in [5, 5.41) is 4.53. The van der Waals surface area contributed by atoms with Gasteiger partial charge >= 0.3 is 0 Å². The minimum Gasteiger partial charge on any atom is -0.369 e. The Kier molecular flexibility index (Phi) is 4.91. The minimum absolute atomic E-state index is 0.917. The van der Waals surface area contributed by atoms with E-state index in [2.05, 4.69) is 58.6 Å².